The summed E-state index contributed by atoms with van der Waals surface area (Å²) in [5.41, 5.74) is 4.81. The first-order chi connectivity index (χ1) is 9.89. The molecule has 0 bridgehead atoms. The van der Waals surface area contributed by atoms with Crippen LogP contribution in [0.2, 0.25) is 0 Å². The standard InChI is InChI=1S/C18H28NOP.Y/c1-6-21(9-7-8-10-21)16(5)18(20)19-17-14(3)11-13(2)12-15(17)4;/h11-12,16H,6-10H2,1-5H3;/p+1. The van der Waals surface area contributed by atoms with Gasteiger partial charge in [-0.05, 0) is 58.6 Å². The third-order valence-electron chi connectivity index (χ3n) is 5.21. The summed E-state index contributed by atoms with van der Waals surface area (Å²) in [6.45, 7) is 10.7. The Kier molecular flexibility index (Phi) is 7.70. The number of carbonyl (C=O) groups is 1. The molecule has 119 valence electrons. The smallest absolute Gasteiger partial charge is 0.264 e. The second-order valence-electron chi connectivity index (χ2n) is 6.63. The molecule has 0 saturated carbocycles. The van der Waals surface area contributed by atoms with Crippen LogP contribution in [-0.4, -0.2) is 30.1 Å². The summed E-state index contributed by atoms with van der Waals surface area (Å²) < 4.78 is 0. The molecular formula is C18H29NOPY+. The minimum absolute atomic E-state index is 0. The molecule has 0 aromatic heterocycles. The van der Waals surface area contributed by atoms with E-state index in [2.05, 4.69) is 52.1 Å². The normalized spacial score (nSPS) is 17.7. The van der Waals surface area contributed by atoms with Crippen LogP contribution in [0.25, 0.3) is 0 Å². The zero-order valence-corrected chi connectivity index (χ0v) is 18.4. The number of hydrogen-bond acceptors (Lipinski definition) is 1. The minimum Gasteiger partial charge on any atom is -0.322 e. The van der Waals surface area contributed by atoms with Gasteiger partial charge in [-0.1, -0.05) is 17.7 Å². The van der Waals surface area contributed by atoms with Crippen LogP contribution in [0, 0.1) is 20.8 Å². The van der Waals surface area contributed by atoms with Crippen molar-refractivity contribution in [3.05, 3.63) is 28.8 Å². The summed E-state index contributed by atoms with van der Waals surface area (Å²) in [6, 6.07) is 4.29. The van der Waals surface area contributed by atoms with Crippen molar-refractivity contribution in [1.82, 2.24) is 0 Å². The zero-order valence-electron chi connectivity index (χ0n) is 14.7. The van der Waals surface area contributed by atoms with Crippen LogP contribution in [0.3, 0.4) is 0 Å². The van der Waals surface area contributed by atoms with Crippen molar-refractivity contribution in [1.29, 1.82) is 0 Å². The SMILES string of the molecule is CC[P+]1(C(C)C(=O)Nc2c(C)cc(C)cc2C)CCCC1.[Y]. The van der Waals surface area contributed by atoms with E-state index in [0.29, 0.717) is 0 Å². The van der Waals surface area contributed by atoms with Gasteiger partial charge in [-0.15, -0.1) is 0 Å². The van der Waals surface area contributed by atoms with E-state index in [1.54, 1.807) is 0 Å². The quantitative estimate of drug-likeness (QED) is 0.732. The fraction of sp³-hybridized carbons (Fsp3) is 0.611. The van der Waals surface area contributed by atoms with E-state index in [1.807, 2.05) is 0 Å². The Morgan fingerprint density at radius 3 is 2.14 bits per heavy atom. The average Bonchev–Trinajstić information content (AvgIpc) is 2.91. The molecule has 1 amide bonds. The Morgan fingerprint density at radius 1 is 1.18 bits per heavy atom. The van der Waals surface area contributed by atoms with Gasteiger partial charge in [0.25, 0.3) is 5.91 Å². The van der Waals surface area contributed by atoms with Gasteiger partial charge in [-0.3, -0.25) is 4.79 Å². The first-order valence-electron chi connectivity index (χ1n) is 8.14. The number of anilines is 1. The maximum absolute atomic E-state index is 12.8. The van der Waals surface area contributed by atoms with Crippen LogP contribution >= 0.6 is 7.26 Å². The van der Waals surface area contributed by atoms with Crippen molar-refractivity contribution in [2.45, 2.75) is 53.1 Å². The second kappa shape index (κ2) is 8.36. The Labute approximate surface area is 161 Å². The van der Waals surface area contributed by atoms with Crippen molar-refractivity contribution in [2.24, 2.45) is 0 Å². The van der Waals surface area contributed by atoms with Crippen LogP contribution in [0.1, 0.15) is 43.4 Å². The molecule has 1 aromatic carbocycles. The molecule has 1 N–H and O–H groups in total. The molecule has 1 unspecified atom stereocenters. The maximum atomic E-state index is 12.8. The molecule has 1 fully saturated rings. The number of nitrogens with one attached hydrogen (secondary N) is 1. The number of rotatable bonds is 4. The minimum atomic E-state index is -1.06. The molecule has 1 aliphatic heterocycles. The number of benzene rings is 1. The number of hydrogen-bond donors (Lipinski definition) is 1. The molecule has 1 heterocycles. The molecular weight excluding hydrogens is 366 g/mol. The Balaban J connectivity index is 0.00000242. The van der Waals surface area contributed by atoms with Gasteiger partial charge in [0.15, 0.2) is 0 Å². The first-order valence-corrected chi connectivity index (χ1v) is 10.6. The predicted molar refractivity (Wildman–Crippen MR) is 95.2 cm³/mol. The summed E-state index contributed by atoms with van der Waals surface area (Å²) in [6.07, 6.45) is 6.48. The molecule has 1 aliphatic rings. The van der Waals surface area contributed by atoms with E-state index in [1.165, 1.54) is 48.0 Å². The molecule has 0 aliphatic carbocycles. The van der Waals surface area contributed by atoms with Crippen molar-refractivity contribution >= 4 is 18.9 Å². The molecule has 2 rings (SSSR count). The molecule has 22 heavy (non-hydrogen) atoms. The summed E-state index contributed by atoms with van der Waals surface area (Å²) >= 11 is 0. The van der Waals surface area contributed by atoms with Gasteiger partial charge in [0, 0.05) is 45.7 Å². The third-order valence-corrected chi connectivity index (χ3v) is 10.8. The van der Waals surface area contributed by atoms with E-state index in [4.69, 9.17) is 0 Å². The topological polar surface area (TPSA) is 29.1 Å². The summed E-state index contributed by atoms with van der Waals surface area (Å²) in [7, 11) is -1.06. The van der Waals surface area contributed by atoms with Crippen molar-refractivity contribution in [2.75, 3.05) is 23.8 Å². The van der Waals surface area contributed by atoms with Gasteiger partial charge in [-0.2, -0.15) is 0 Å². The summed E-state index contributed by atoms with van der Waals surface area (Å²) in [4.78, 5) is 12.8. The van der Waals surface area contributed by atoms with E-state index in [-0.39, 0.29) is 44.3 Å². The van der Waals surface area contributed by atoms with Crippen LogP contribution in [0.15, 0.2) is 12.1 Å². The first kappa shape index (κ1) is 20.3. The van der Waals surface area contributed by atoms with Crippen LogP contribution < -0.4 is 5.32 Å². The van der Waals surface area contributed by atoms with E-state index < -0.39 is 7.26 Å². The van der Waals surface area contributed by atoms with Crippen LogP contribution in [-0.2, 0) is 37.5 Å². The Bertz CT molecular complexity index is 515. The number of amides is 1. The molecule has 2 nitrogen and oxygen atoms in total. The van der Waals surface area contributed by atoms with Gasteiger partial charge in [-0.25, -0.2) is 0 Å². The van der Waals surface area contributed by atoms with Gasteiger partial charge >= 0.3 is 0 Å². The molecule has 1 saturated heterocycles. The molecule has 0 spiro atoms. The molecule has 1 aromatic rings. The molecule has 1 radical (unpaired) electrons. The van der Waals surface area contributed by atoms with E-state index in [0.717, 1.165) is 5.69 Å². The largest absolute Gasteiger partial charge is 0.322 e. The molecule has 4 heteroatoms. The predicted octanol–water partition coefficient (Wildman–Crippen LogP) is 4.77. The second-order valence-corrected chi connectivity index (χ2v) is 11.4. The van der Waals surface area contributed by atoms with Gasteiger partial charge in [0.05, 0.1) is 18.5 Å². The summed E-state index contributed by atoms with van der Waals surface area (Å²) in [5.74, 6) is 0.238. The van der Waals surface area contributed by atoms with Gasteiger partial charge < -0.3 is 5.32 Å². The Hall–Kier alpha value is 0.224. The maximum Gasteiger partial charge on any atom is 0.264 e. The summed E-state index contributed by atoms with van der Waals surface area (Å²) in [5, 5.41) is 3.23. The van der Waals surface area contributed by atoms with E-state index >= 15 is 0 Å². The fourth-order valence-corrected chi connectivity index (χ4v) is 8.24. The fourth-order valence-electron chi connectivity index (χ4n) is 3.80. The van der Waals surface area contributed by atoms with Crippen molar-refractivity contribution in [3.8, 4) is 0 Å². The monoisotopic (exact) mass is 395 g/mol. The third kappa shape index (κ3) is 4.19. The van der Waals surface area contributed by atoms with Crippen molar-refractivity contribution in [3.63, 3.8) is 0 Å². The van der Waals surface area contributed by atoms with Crippen LogP contribution in [0.4, 0.5) is 5.69 Å². The van der Waals surface area contributed by atoms with Crippen molar-refractivity contribution < 1.29 is 37.5 Å². The van der Waals surface area contributed by atoms with Crippen LogP contribution in [0.5, 0.6) is 0 Å². The number of carbonyl (C=O) groups excluding carboxylic acids is 1. The number of aryl methyl sites for hydroxylation is 3. The van der Waals surface area contributed by atoms with E-state index in [9.17, 15) is 4.79 Å². The Morgan fingerprint density at radius 2 is 1.68 bits per heavy atom. The van der Waals surface area contributed by atoms with Gasteiger partial charge in [0.1, 0.15) is 5.66 Å². The molecule has 1 atom stereocenters. The zero-order chi connectivity index (χ0) is 15.6. The van der Waals surface area contributed by atoms with Gasteiger partial charge in [0.2, 0.25) is 0 Å². The average molecular weight is 395 g/mol.